The molecule has 1 aliphatic carbocycles. The van der Waals surface area contributed by atoms with E-state index in [1.165, 1.54) is 6.42 Å². The fourth-order valence-electron chi connectivity index (χ4n) is 2.40. The van der Waals surface area contributed by atoms with Gasteiger partial charge in [-0.1, -0.05) is 6.92 Å². The summed E-state index contributed by atoms with van der Waals surface area (Å²) in [6.45, 7) is 4.73. The molecular formula is C13H23N5O. The monoisotopic (exact) mass is 265 g/mol. The number of aliphatic hydroxyl groups excluding tert-OH is 1. The van der Waals surface area contributed by atoms with Crippen LogP contribution in [-0.2, 0) is 6.42 Å². The number of hydrazine groups is 1. The highest BCUT2D eigenvalue weighted by molar-refractivity contribution is 5.59. The molecule has 0 bridgehead atoms. The standard InChI is InChI=1S/C13H23N5O/c1-3-11-15-12(17-14)9(2)13(16-11)18(7-8-19)10-5-4-6-10/h10,19H,3-8,14H2,1-2H3,(H,15,16,17). The Labute approximate surface area is 114 Å². The van der Waals surface area contributed by atoms with E-state index in [0.717, 1.165) is 36.5 Å². The van der Waals surface area contributed by atoms with E-state index in [0.29, 0.717) is 18.4 Å². The fourth-order valence-corrected chi connectivity index (χ4v) is 2.40. The summed E-state index contributed by atoms with van der Waals surface area (Å²) in [4.78, 5) is 11.2. The molecule has 1 aromatic rings. The van der Waals surface area contributed by atoms with Crippen molar-refractivity contribution >= 4 is 11.6 Å². The minimum absolute atomic E-state index is 0.132. The third kappa shape index (κ3) is 2.79. The van der Waals surface area contributed by atoms with Gasteiger partial charge in [0.2, 0.25) is 0 Å². The van der Waals surface area contributed by atoms with Crippen LogP contribution < -0.4 is 16.2 Å². The number of rotatable bonds is 6. The smallest absolute Gasteiger partial charge is 0.148 e. The van der Waals surface area contributed by atoms with E-state index >= 15 is 0 Å². The lowest BCUT2D eigenvalue weighted by Crippen LogP contribution is -2.43. The van der Waals surface area contributed by atoms with Gasteiger partial charge in [0.25, 0.3) is 0 Å². The summed E-state index contributed by atoms with van der Waals surface area (Å²) >= 11 is 0. The van der Waals surface area contributed by atoms with Crippen molar-refractivity contribution in [1.82, 2.24) is 9.97 Å². The number of aromatic nitrogens is 2. The van der Waals surface area contributed by atoms with Crippen LogP contribution in [-0.4, -0.2) is 34.3 Å². The van der Waals surface area contributed by atoms with Crippen LogP contribution in [0, 0.1) is 6.92 Å². The molecule has 6 nitrogen and oxygen atoms in total. The molecule has 0 atom stereocenters. The topological polar surface area (TPSA) is 87.3 Å². The molecule has 1 fully saturated rings. The summed E-state index contributed by atoms with van der Waals surface area (Å²) < 4.78 is 0. The van der Waals surface area contributed by atoms with Crippen LogP contribution in [0.5, 0.6) is 0 Å². The molecule has 1 saturated carbocycles. The SMILES string of the molecule is CCc1nc(NN)c(C)c(N(CCO)C2CCC2)n1. The van der Waals surface area contributed by atoms with Crippen LogP contribution in [0.3, 0.4) is 0 Å². The largest absolute Gasteiger partial charge is 0.395 e. The van der Waals surface area contributed by atoms with Gasteiger partial charge in [-0.3, -0.25) is 0 Å². The minimum Gasteiger partial charge on any atom is -0.395 e. The van der Waals surface area contributed by atoms with Crippen molar-refractivity contribution in [2.45, 2.75) is 45.6 Å². The van der Waals surface area contributed by atoms with Gasteiger partial charge in [-0.2, -0.15) is 0 Å². The number of aryl methyl sites for hydroxylation is 1. The van der Waals surface area contributed by atoms with Crippen LogP contribution in [0.4, 0.5) is 11.6 Å². The number of nitrogen functional groups attached to an aromatic ring is 1. The van der Waals surface area contributed by atoms with E-state index in [4.69, 9.17) is 5.84 Å². The Hall–Kier alpha value is -1.40. The first kappa shape index (κ1) is 14.0. The number of nitrogens with one attached hydrogen (secondary N) is 1. The van der Waals surface area contributed by atoms with Gasteiger partial charge < -0.3 is 15.4 Å². The first-order valence-electron chi connectivity index (χ1n) is 6.92. The van der Waals surface area contributed by atoms with Crippen molar-refractivity contribution < 1.29 is 5.11 Å². The molecule has 2 rings (SSSR count). The van der Waals surface area contributed by atoms with Crippen molar-refractivity contribution in [1.29, 1.82) is 0 Å². The van der Waals surface area contributed by atoms with Crippen LogP contribution >= 0.6 is 0 Å². The Morgan fingerprint density at radius 2 is 2.16 bits per heavy atom. The van der Waals surface area contributed by atoms with Gasteiger partial charge in [0, 0.05) is 24.6 Å². The van der Waals surface area contributed by atoms with Crippen molar-refractivity contribution in [2.75, 3.05) is 23.5 Å². The van der Waals surface area contributed by atoms with Gasteiger partial charge >= 0.3 is 0 Å². The zero-order valence-corrected chi connectivity index (χ0v) is 11.7. The van der Waals surface area contributed by atoms with Gasteiger partial charge in [0.15, 0.2) is 0 Å². The molecule has 4 N–H and O–H groups in total. The second-order valence-electron chi connectivity index (χ2n) is 4.94. The van der Waals surface area contributed by atoms with Crippen LogP contribution in [0.15, 0.2) is 0 Å². The highest BCUT2D eigenvalue weighted by Crippen LogP contribution is 2.31. The van der Waals surface area contributed by atoms with Crippen LogP contribution in [0.25, 0.3) is 0 Å². The van der Waals surface area contributed by atoms with Crippen LogP contribution in [0.1, 0.15) is 37.6 Å². The molecule has 0 unspecified atom stereocenters. The Morgan fingerprint density at radius 1 is 1.42 bits per heavy atom. The Bertz CT molecular complexity index is 433. The quantitative estimate of drug-likeness (QED) is 0.525. The van der Waals surface area contributed by atoms with Gasteiger partial charge in [-0.15, -0.1) is 0 Å². The van der Waals surface area contributed by atoms with Gasteiger partial charge in [0.05, 0.1) is 6.61 Å². The summed E-state index contributed by atoms with van der Waals surface area (Å²) in [7, 11) is 0. The Morgan fingerprint density at radius 3 is 2.63 bits per heavy atom. The Kier molecular flexibility index (Phi) is 4.55. The third-order valence-electron chi connectivity index (χ3n) is 3.75. The summed E-state index contributed by atoms with van der Waals surface area (Å²) in [5.41, 5.74) is 3.59. The molecule has 1 aromatic heterocycles. The van der Waals surface area contributed by atoms with Crippen molar-refractivity contribution in [3.8, 4) is 0 Å². The maximum Gasteiger partial charge on any atom is 0.148 e. The first-order chi connectivity index (χ1) is 9.21. The van der Waals surface area contributed by atoms with Crippen molar-refractivity contribution in [3.63, 3.8) is 0 Å². The first-order valence-corrected chi connectivity index (χ1v) is 6.92. The number of anilines is 2. The normalized spacial score (nSPS) is 15.2. The predicted molar refractivity (Wildman–Crippen MR) is 76.0 cm³/mol. The molecule has 0 radical (unpaired) electrons. The fraction of sp³-hybridized carbons (Fsp3) is 0.692. The second-order valence-corrected chi connectivity index (χ2v) is 4.94. The maximum absolute atomic E-state index is 9.28. The van der Waals surface area contributed by atoms with Gasteiger partial charge in [-0.05, 0) is 26.2 Å². The zero-order valence-electron chi connectivity index (χ0n) is 11.7. The molecule has 0 amide bonds. The molecule has 19 heavy (non-hydrogen) atoms. The second kappa shape index (κ2) is 6.16. The lowest BCUT2D eigenvalue weighted by atomic mass is 9.91. The van der Waals surface area contributed by atoms with Crippen molar-refractivity contribution in [2.24, 2.45) is 5.84 Å². The Balaban J connectivity index is 2.38. The summed E-state index contributed by atoms with van der Waals surface area (Å²) in [6, 6.07) is 0.482. The van der Waals surface area contributed by atoms with Gasteiger partial charge in [-0.25, -0.2) is 15.8 Å². The third-order valence-corrected chi connectivity index (χ3v) is 3.75. The van der Waals surface area contributed by atoms with E-state index < -0.39 is 0 Å². The van der Waals surface area contributed by atoms with E-state index in [1.807, 2.05) is 13.8 Å². The van der Waals surface area contributed by atoms with Gasteiger partial charge in [0.1, 0.15) is 17.5 Å². The lowest BCUT2D eigenvalue weighted by molar-refractivity contribution is 0.282. The average Bonchev–Trinajstić information content (AvgIpc) is 2.36. The van der Waals surface area contributed by atoms with E-state index in [2.05, 4.69) is 20.3 Å². The highest BCUT2D eigenvalue weighted by Gasteiger charge is 2.27. The van der Waals surface area contributed by atoms with E-state index in [1.54, 1.807) is 0 Å². The van der Waals surface area contributed by atoms with Crippen LogP contribution in [0.2, 0.25) is 0 Å². The molecule has 0 saturated heterocycles. The highest BCUT2D eigenvalue weighted by atomic mass is 16.3. The average molecular weight is 265 g/mol. The molecule has 0 aromatic carbocycles. The van der Waals surface area contributed by atoms with Crippen molar-refractivity contribution in [3.05, 3.63) is 11.4 Å². The number of nitrogens with two attached hydrogens (primary N) is 1. The summed E-state index contributed by atoms with van der Waals surface area (Å²) in [5, 5.41) is 9.28. The number of nitrogens with zero attached hydrogens (tertiary/aromatic N) is 3. The number of aliphatic hydroxyl groups is 1. The lowest BCUT2D eigenvalue weighted by Gasteiger charge is -2.39. The molecule has 1 aliphatic rings. The molecule has 0 aliphatic heterocycles. The number of hydrogen-bond acceptors (Lipinski definition) is 6. The maximum atomic E-state index is 9.28. The van der Waals surface area contributed by atoms with E-state index in [9.17, 15) is 5.11 Å². The molecular weight excluding hydrogens is 242 g/mol. The predicted octanol–water partition coefficient (Wildman–Crippen LogP) is 0.984. The number of hydrogen-bond donors (Lipinski definition) is 3. The molecule has 1 heterocycles. The molecule has 6 heteroatoms. The minimum atomic E-state index is 0.132. The zero-order chi connectivity index (χ0) is 13.8. The molecule has 106 valence electrons. The summed E-state index contributed by atoms with van der Waals surface area (Å²) in [5.74, 6) is 7.88. The van der Waals surface area contributed by atoms with E-state index in [-0.39, 0.29) is 6.61 Å². The summed E-state index contributed by atoms with van der Waals surface area (Å²) in [6.07, 6.45) is 4.34. The molecule has 0 spiro atoms.